The molecule has 3 aliphatic rings. The first-order valence-electron chi connectivity index (χ1n) is 8.48. The maximum absolute atomic E-state index is 13.4. The summed E-state index contributed by atoms with van der Waals surface area (Å²) in [6, 6.07) is 3.77. The van der Waals surface area contributed by atoms with E-state index in [1.54, 1.807) is 0 Å². The highest BCUT2D eigenvalue weighted by Crippen LogP contribution is 2.33. The average Bonchev–Trinajstić information content (AvgIpc) is 3.08. The van der Waals surface area contributed by atoms with Crippen LogP contribution in [0.2, 0.25) is 0 Å². The van der Waals surface area contributed by atoms with E-state index in [1.807, 2.05) is 0 Å². The number of fused-ring (bicyclic) bond motifs is 3. The van der Waals surface area contributed by atoms with Crippen molar-refractivity contribution in [3.8, 4) is 10.4 Å². The lowest BCUT2D eigenvalue weighted by atomic mass is 9.79. The summed E-state index contributed by atoms with van der Waals surface area (Å²) in [6.07, 6.45) is 3.72. The molecule has 25 heavy (non-hydrogen) atoms. The maximum atomic E-state index is 13.4. The summed E-state index contributed by atoms with van der Waals surface area (Å²) in [4.78, 5) is 19.7. The van der Waals surface area contributed by atoms with Crippen LogP contribution in [0.1, 0.15) is 29.6 Å². The topological polar surface area (TPSA) is 45.2 Å². The molecule has 3 saturated heterocycles. The SMILES string of the molecule is CC1C(NC(=O)c2ncc(-c3cc(F)cc(F)c3)s2)C2CCN1CC2. The Hall–Kier alpha value is -1.86. The van der Waals surface area contributed by atoms with Gasteiger partial charge in [0.15, 0.2) is 5.01 Å². The number of hydrogen-bond donors (Lipinski definition) is 1. The molecule has 2 atom stereocenters. The molecule has 0 spiro atoms. The fourth-order valence-corrected chi connectivity index (χ4v) is 4.77. The number of aromatic nitrogens is 1. The van der Waals surface area contributed by atoms with E-state index in [4.69, 9.17) is 0 Å². The van der Waals surface area contributed by atoms with Crippen molar-refractivity contribution in [1.29, 1.82) is 0 Å². The van der Waals surface area contributed by atoms with Crippen molar-refractivity contribution in [3.05, 3.63) is 41.0 Å². The first kappa shape index (κ1) is 16.6. The molecule has 1 aromatic carbocycles. The second-order valence-electron chi connectivity index (χ2n) is 6.80. The fraction of sp³-hybridized carbons (Fsp3) is 0.444. The van der Waals surface area contributed by atoms with Gasteiger partial charge < -0.3 is 5.32 Å². The minimum Gasteiger partial charge on any atom is -0.345 e. The second-order valence-corrected chi connectivity index (χ2v) is 7.83. The van der Waals surface area contributed by atoms with E-state index >= 15 is 0 Å². The van der Waals surface area contributed by atoms with E-state index in [0.29, 0.717) is 27.4 Å². The van der Waals surface area contributed by atoms with Crippen molar-refractivity contribution in [2.75, 3.05) is 13.1 Å². The zero-order valence-electron chi connectivity index (χ0n) is 13.8. The average molecular weight is 363 g/mol. The van der Waals surface area contributed by atoms with E-state index in [9.17, 15) is 13.6 Å². The summed E-state index contributed by atoms with van der Waals surface area (Å²) >= 11 is 1.15. The first-order valence-corrected chi connectivity index (χ1v) is 9.30. The Labute approximate surface area is 148 Å². The Morgan fingerprint density at radius 2 is 1.92 bits per heavy atom. The molecule has 7 heteroatoms. The summed E-state index contributed by atoms with van der Waals surface area (Å²) in [5, 5.41) is 3.45. The van der Waals surface area contributed by atoms with Crippen molar-refractivity contribution in [1.82, 2.24) is 15.2 Å². The smallest absolute Gasteiger partial charge is 0.280 e. The predicted octanol–water partition coefficient (Wildman–Crippen LogP) is 3.30. The van der Waals surface area contributed by atoms with Gasteiger partial charge in [-0.1, -0.05) is 0 Å². The van der Waals surface area contributed by atoms with Gasteiger partial charge >= 0.3 is 0 Å². The van der Waals surface area contributed by atoms with Crippen LogP contribution in [0.25, 0.3) is 10.4 Å². The molecule has 1 aromatic heterocycles. The molecule has 2 aromatic rings. The zero-order chi connectivity index (χ0) is 17.6. The fourth-order valence-electron chi connectivity index (χ4n) is 3.97. The van der Waals surface area contributed by atoms with Crippen LogP contribution in [-0.4, -0.2) is 41.0 Å². The Bertz CT molecular complexity index is 779. The predicted molar refractivity (Wildman–Crippen MR) is 92.5 cm³/mol. The second kappa shape index (κ2) is 6.46. The number of hydrogen-bond acceptors (Lipinski definition) is 4. The van der Waals surface area contributed by atoms with E-state index in [2.05, 4.69) is 22.1 Å². The summed E-state index contributed by atoms with van der Waals surface area (Å²) in [7, 11) is 0. The molecule has 132 valence electrons. The molecule has 3 fully saturated rings. The summed E-state index contributed by atoms with van der Waals surface area (Å²) in [6.45, 7) is 4.36. The van der Waals surface area contributed by atoms with Crippen LogP contribution in [0.3, 0.4) is 0 Å². The molecule has 4 heterocycles. The molecule has 1 amide bonds. The van der Waals surface area contributed by atoms with Gasteiger partial charge in [0.1, 0.15) is 11.6 Å². The summed E-state index contributed by atoms with van der Waals surface area (Å²) < 4.78 is 26.8. The van der Waals surface area contributed by atoms with E-state index in [-0.39, 0.29) is 11.9 Å². The van der Waals surface area contributed by atoms with E-state index in [1.165, 1.54) is 18.3 Å². The molecule has 5 rings (SSSR count). The lowest BCUT2D eigenvalue weighted by Gasteiger charge is -2.49. The van der Waals surface area contributed by atoms with Crippen LogP contribution >= 0.6 is 11.3 Å². The van der Waals surface area contributed by atoms with Crippen LogP contribution in [0, 0.1) is 17.6 Å². The van der Waals surface area contributed by atoms with Gasteiger partial charge in [0.25, 0.3) is 5.91 Å². The number of piperidine rings is 3. The van der Waals surface area contributed by atoms with E-state index in [0.717, 1.165) is 43.3 Å². The largest absolute Gasteiger partial charge is 0.345 e. The van der Waals surface area contributed by atoms with Gasteiger partial charge in [-0.05, 0) is 56.5 Å². The molecule has 1 N–H and O–H groups in total. The third-order valence-corrected chi connectivity index (χ3v) is 6.37. The number of amides is 1. The standard InChI is InChI=1S/C18H19F2N3OS/c1-10-16(11-2-4-23(10)5-3-11)22-17(24)18-21-9-15(25-18)12-6-13(19)8-14(20)7-12/h6-11,16H,2-5H2,1H3,(H,22,24). The van der Waals surface area contributed by atoms with Gasteiger partial charge in [-0.3, -0.25) is 9.69 Å². The quantitative estimate of drug-likeness (QED) is 0.910. The molecule has 4 nitrogen and oxygen atoms in total. The lowest BCUT2D eigenvalue weighted by molar-refractivity contribution is 0.0217. The van der Waals surface area contributed by atoms with Gasteiger partial charge in [0.2, 0.25) is 0 Å². The van der Waals surface area contributed by atoms with Crippen LogP contribution in [0.15, 0.2) is 24.4 Å². The van der Waals surface area contributed by atoms with Crippen molar-refractivity contribution in [2.45, 2.75) is 31.8 Å². The molecular formula is C18H19F2N3OS. The number of rotatable bonds is 3. The normalized spacial score (nSPS) is 28.1. The number of nitrogens with zero attached hydrogens (tertiary/aromatic N) is 2. The molecule has 2 unspecified atom stereocenters. The number of benzene rings is 1. The highest BCUT2D eigenvalue weighted by atomic mass is 32.1. The molecule has 2 bridgehead atoms. The highest BCUT2D eigenvalue weighted by molar-refractivity contribution is 7.16. The molecule has 0 saturated carbocycles. The minimum absolute atomic E-state index is 0.133. The highest BCUT2D eigenvalue weighted by Gasteiger charge is 2.40. The Balaban J connectivity index is 1.51. The lowest BCUT2D eigenvalue weighted by Crippen LogP contribution is -2.62. The Kier molecular flexibility index (Phi) is 4.29. The number of thiazole rings is 1. The van der Waals surface area contributed by atoms with Crippen LogP contribution < -0.4 is 5.32 Å². The maximum Gasteiger partial charge on any atom is 0.280 e. The summed E-state index contributed by atoms with van der Waals surface area (Å²) in [5.74, 6) is -0.981. The van der Waals surface area contributed by atoms with Gasteiger partial charge in [-0.15, -0.1) is 11.3 Å². The molecule has 3 aliphatic heterocycles. The van der Waals surface area contributed by atoms with Gasteiger partial charge in [-0.25, -0.2) is 13.8 Å². The minimum atomic E-state index is -0.643. The number of carbonyl (C=O) groups excluding carboxylic acids is 1. The van der Waals surface area contributed by atoms with Crippen molar-refractivity contribution >= 4 is 17.2 Å². The summed E-state index contributed by atoms with van der Waals surface area (Å²) in [5.41, 5.74) is 0.394. The van der Waals surface area contributed by atoms with Gasteiger partial charge in [0, 0.05) is 24.3 Å². The Morgan fingerprint density at radius 1 is 1.24 bits per heavy atom. The van der Waals surface area contributed by atoms with Crippen LogP contribution in [-0.2, 0) is 0 Å². The van der Waals surface area contributed by atoms with Gasteiger partial charge in [0.05, 0.1) is 4.88 Å². The van der Waals surface area contributed by atoms with Crippen molar-refractivity contribution < 1.29 is 13.6 Å². The van der Waals surface area contributed by atoms with Crippen molar-refractivity contribution in [2.24, 2.45) is 5.92 Å². The van der Waals surface area contributed by atoms with E-state index < -0.39 is 11.6 Å². The first-order chi connectivity index (χ1) is 12.0. The zero-order valence-corrected chi connectivity index (χ0v) is 14.7. The van der Waals surface area contributed by atoms with Gasteiger partial charge in [-0.2, -0.15) is 0 Å². The number of nitrogens with one attached hydrogen (secondary N) is 1. The van der Waals surface area contributed by atoms with Crippen LogP contribution in [0.4, 0.5) is 8.78 Å². The molecular weight excluding hydrogens is 344 g/mol. The third kappa shape index (κ3) is 3.18. The number of halogens is 2. The molecule has 0 aliphatic carbocycles. The third-order valence-electron chi connectivity index (χ3n) is 5.32. The Morgan fingerprint density at radius 3 is 2.56 bits per heavy atom. The number of carbonyl (C=O) groups is 1. The molecule has 0 radical (unpaired) electrons. The van der Waals surface area contributed by atoms with Crippen LogP contribution in [0.5, 0.6) is 0 Å². The van der Waals surface area contributed by atoms with Crippen molar-refractivity contribution in [3.63, 3.8) is 0 Å². The monoisotopic (exact) mass is 363 g/mol.